The Bertz CT molecular complexity index is 573. The number of carbonyl (C=O) groups excluding carboxylic acids is 1. The van der Waals surface area contributed by atoms with Gasteiger partial charge in [-0.1, -0.05) is 0 Å². The fourth-order valence-electron chi connectivity index (χ4n) is 3.19. The number of hydrogen-bond acceptors (Lipinski definition) is 4. The van der Waals surface area contributed by atoms with Crippen molar-refractivity contribution in [1.82, 2.24) is 15.1 Å². The summed E-state index contributed by atoms with van der Waals surface area (Å²) < 4.78 is 17.5. The maximum Gasteiger partial charge on any atom is 0.410 e. The number of amides is 1. The van der Waals surface area contributed by atoms with Crippen LogP contribution >= 0.6 is 0 Å². The average Bonchev–Trinajstić information content (AvgIpc) is 2.61. The second-order valence-electron chi connectivity index (χ2n) is 9.59. The quantitative estimate of drug-likeness (QED) is 0.518. The molecule has 0 spiro atoms. The molecule has 0 aromatic rings. The van der Waals surface area contributed by atoms with Crippen LogP contribution < -0.4 is 5.32 Å². The van der Waals surface area contributed by atoms with Gasteiger partial charge in [0, 0.05) is 61.1 Å². The van der Waals surface area contributed by atoms with Gasteiger partial charge in [0.15, 0.2) is 5.96 Å². The molecule has 0 radical (unpaired) electrons. The summed E-state index contributed by atoms with van der Waals surface area (Å²) in [5, 5.41) is 3.35. The number of nitrogens with one attached hydrogen (secondary N) is 1. The molecular weight excluding hydrogens is 388 g/mol. The number of carbonyl (C=O) groups is 1. The summed E-state index contributed by atoms with van der Waals surface area (Å²) in [5.41, 5.74) is -0.470. The van der Waals surface area contributed by atoms with Gasteiger partial charge in [-0.15, -0.1) is 0 Å². The standard InChI is InChI=1S/C21H42N4O3S/c1-9-24(19(26)28-20(2,3)4)16-17-10-13-25(14-11-17)18(22-8)23-12-15-29(27)21(5,6)7/h17H,9-16H2,1-8H3,(H,22,23). The minimum atomic E-state index is -0.872. The molecule has 0 aromatic carbocycles. The lowest BCUT2D eigenvalue weighted by Crippen LogP contribution is -2.48. The summed E-state index contributed by atoms with van der Waals surface area (Å²) >= 11 is 0. The summed E-state index contributed by atoms with van der Waals surface area (Å²) in [4.78, 5) is 20.8. The molecule has 0 bridgehead atoms. The molecule has 8 heteroatoms. The molecule has 1 aliphatic heterocycles. The molecule has 1 amide bonds. The number of likely N-dealkylation sites (tertiary alicyclic amines) is 1. The van der Waals surface area contributed by atoms with Gasteiger partial charge in [0.1, 0.15) is 5.60 Å². The highest BCUT2D eigenvalue weighted by Gasteiger charge is 2.27. The van der Waals surface area contributed by atoms with E-state index in [1.54, 1.807) is 11.9 Å². The zero-order valence-electron chi connectivity index (χ0n) is 19.7. The molecule has 170 valence electrons. The third kappa shape index (κ3) is 9.36. The predicted octanol–water partition coefficient (Wildman–Crippen LogP) is 3.08. The van der Waals surface area contributed by atoms with Crippen LogP contribution in [-0.2, 0) is 15.5 Å². The summed E-state index contributed by atoms with van der Waals surface area (Å²) in [5.74, 6) is 1.94. The number of aliphatic imine (C=N–C) groups is 1. The van der Waals surface area contributed by atoms with Crippen molar-refractivity contribution in [2.75, 3.05) is 45.5 Å². The van der Waals surface area contributed by atoms with E-state index >= 15 is 0 Å². The Labute approximate surface area is 180 Å². The molecule has 1 fully saturated rings. The minimum absolute atomic E-state index is 0.192. The van der Waals surface area contributed by atoms with E-state index in [-0.39, 0.29) is 10.8 Å². The van der Waals surface area contributed by atoms with Gasteiger partial charge in [-0.2, -0.15) is 0 Å². The lowest BCUT2D eigenvalue weighted by Gasteiger charge is -2.36. The van der Waals surface area contributed by atoms with Crippen LogP contribution in [-0.4, -0.2) is 81.9 Å². The molecule has 1 heterocycles. The summed E-state index contributed by atoms with van der Waals surface area (Å²) in [6, 6.07) is 0. The van der Waals surface area contributed by atoms with Gasteiger partial charge in [0.25, 0.3) is 0 Å². The highest BCUT2D eigenvalue weighted by Crippen LogP contribution is 2.20. The van der Waals surface area contributed by atoms with E-state index in [1.807, 2.05) is 48.5 Å². The number of piperidine rings is 1. The second kappa shape index (κ2) is 11.2. The van der Waals surface area contributed by atoms with Gasteiger partial charge in [-0.3, -0.25) is 9.20 Å². The van der Waals surface area contributed by atoms with E-state index in [4.69, 9.17) is 4.74 Å². The molecule has 29 heavy (non-hydrogen) atoms. The first-order chi connectivity index (χ1) is 13.4. The van der Waals surface area contributed by atoms with Crippen LogP contribution in [0.15, 0.2) is 4.99 Å². The van der Waals surface area contributed by atoms with Gasteiger partial charge in [0.05, 0.1) is 0 Å². The molecule has 1 N–H and O–H groups in total. The van der Waals surface area contributed by atoms with Crippen molar-refractivity contribution in [1.29, 1.82) is 0 Å². The van der Waals surface area contributed by atoms with Crippen molar-refractivity contribution in [3.05, 3.63) is 0 Å². The van der Waals surface area contributed by atoms with Crippen LogP contribution in [0.4, 0.5) is 4.79 Å². The topological polar surface area (TPSA) is 74.2 Å². The summed E-state index contributed by atoms with van der Waals surface area (Å²) in [6.07, 6.45) is 1.79. The molecule has 7 nitrogen and oxygen atoms in total. The fourth-order valence-corrected chi connectivity index (χ4v) is 4.09. The maximum absolute atomic E-state index is 12.4. The van der Waals surface area contributed by atoms with Crippen LogP contribution in [0.5, 0.6) is 0 Å². The molecule has 0 aromatic heterocycles. The van der Waals surface area contributed by atoms with Crippen molar-refractivity contribution in [3.63, 3.8) is 0 Å². The number of rotatable bonds is 6. The number of nitrogens with zero attached hydrogens (tertiary/aromatic N) is 3. The Morgan fingerprint density at radius 3 is 2.24 bits per heavy atom. The first-order valence-corrected chi connectivity index (χ1v) is 12.0. The first kappa shape index (κ1) is 25.7. The van der Waals surface area contributed by atoms with Crippen LogP contribution in [0.1, 0.15) is 61.3 Å². The largest absolute Gasteiger partial charge is 0.444 e. The number of guanidine groups is 1. The van der Waals surface area contributed by atoms with Gasteiger partial charge in [-0.25, -0.2) is 4.79 Å². The highest BCUT2D eigenvalue weighted by atomic mass is 32.2. The highest BCUT2D eigenvalue weighted by molar-refractivity contribution is 7.86. The van der Waals surface area contributed by atoms with E-state index < -0.39 is 16.4 Å². The Morgan fingerprint density at radius 1 is 1.21 bits per heavy atom. The van der Waals surface area contributed by atoms with E-state index in [0.717, 1.165) is 38.4 Å². The smallest absolute Gasteiger partial charge is 0.410 e. The van der Waals surface area contributed by atoms with Gasteiger partial charge in [-0.05, 0) is 67.2 Å². The normalized spacial score (nSPS) is 17.8. The van der Waals surface area contributed by atoms with Crippen LogP contribution in [0.3, 0.4) is 0 Å². The second-order valence-corrected chi connectivity index (χ2v) is 11.9. The van der Waals surface area contributed by atoms with Gasteiger partial charge < -0.3 is 19.9 Å². The number of hydrogen-bond donors (Lipinski definition) is 1. The summed E-state index contributed by atoms with van der Waals surface area (Å²) in [6.45, 7) is 17.5. The van der Waals surface area contributed by atoms with E-state index in [1.165, 1.54) is 0 Å². The summed E-state index contributed by atoms with van der Waals surface area (Å²) in [7, 11) is 0.917. The van der Waals surface area contributed by atoms with Crippen molar-refractivity contribution >= 4 is 22.9 Å². The van der Waals surface area contributed by atoms with Gasteiger partial charge >= 0.3 is 6.09 Å². The first-order valence-electron chi connectivity index (χ1n) is 10.7. The third-order valence-corrected chi connectivity index (χ3v) is 6.83. The zero-order valence-corrected chi connectivity index (χ0v) is 20.5. The van der Waals surface area contributed by atoms with Gasteiger partial charge in [0.2, 0.25) is 0 Å². The third-order valence-electron chi connectivity index (χ3n) is 4.89. The molecule has 1 aliphatic rings. The Hall–Kier alpha value is -1.31. The monoisotopic (exact) mass is 430 g/mol. The Morgan fingerprint density at radius 2 is 1.79 bits per heavy atom. The fraction of sp³-hybridized carbons (Fsp3) is 0.905. The predicted molar refractivity (Wildman–Crippen MR) is 122 cm³/mol. The minimum Gasteiger partial charge on any atom is -0.444 e. The average molecular weight is 431 g/mol. The van der Waals surface area contributed by atoms with Crippen molar-refractivity contribution in [2.45, 2.75) is 71.7 Å². The molecule has 1 atom stereocenters. The maximum atomic E-state index is 12.4. The Balaban J connectivity index is 2.47. The molecule has 1 rings (SSSR count). The Kier molecular flexibility index (Phi) is 9.92. The number of ether oxygens (including phenoxy) is 1. The zero-order chi connectivity index (χ0) is 22.2. The van der Waals surface area contributed by atoms with Crippen molar-refractivity contribution in [2.24, 2.45) is 10.9 Å². The molecule has 1 saturated heterocycles. The van der Waals surface area contributed by atoms with Crippen molar-refractivity contribution in [3.8, 4) is 0 Å². The lowest BCUT2D eigenvalue weighted by molar-refractivity contribution is 0.0214. The molecule has 0 saturated carbocycles. The van der Waals surface area contributed by atoms with Crippen LogP contribution in [0.25, 0.3) is 0 Å². The van der Waals surface area contributed by atoms with E-state index in [2.05, 4.69) is 15.2 Å². The molecular formula is C21H42N4O3S. The van der Waals surface area contributed by atoms with E-state index in [9.17, 15) is 9.00 Å². The molecule has 0 aliphatic carbocycles. The lowest BCUT2D eigenvalue weighted by atomic mass is 9.96. The van der Waals surface area contributed by atoms with Crippen LogP contribution in [0.2, 0.25) is 0 Å². The SMILES string of the molecule is CCN(CC1CCN(C(=NC)NCCS(=O)C(C)(C)C)CC1)C(=O)OC(C)(C)C. The van der Waals surface area contributed by atoms with Crippen LogP contribution in [0, 0.1) is 5.92 Å². The van der Waals surface area contributed by atoms with Crippen molar-refractivity contribution < 1.29 is 13.7 Å². The molecule has 1 unspecified atom stereocenters. The van der Waals surface area contributed by atoms with E-state index in [0.29, 0.717) is 24.8 Å².